The first kappa shape index (κ1) is 13.5. The second kappa shape index (κ2) is 6.29. The first-order valence-corrected chi connectivity index (χ1v) is 7.24. The molecule has 0 aliphatic heterocycles. The van der Waals surface area contributed by atoms with Crippen LogP contribution < -0.4 is 0 Å². The summed E-state index contributed by atoms with van der Waals surface area (Å²) in [4.78, 5) is 16.8. The number of carbonyl (C=O) groups excluding carboxylic acids is 1. The van der Waals surface area contributed by atoms with E-state index in [0.29, 0.717) is 4.88 Å². The van der Waals surface area contributed by atoms with Crippen LogP contribution in [-0.4, -0.2) is 30.3 Å². The predicted molar refractivity (Wildman–Crippen MR) is 70.0 cm³/mol. The summed E-state index contributed by atoms with van der Waals surface area (Å²) >= 11 is 1.43. The van der Waals surface area contributed by atoms with E-state index in [-0.39, 0.29) is 18.2 Å². The summed E-state index contributed by atoms with van der Waals surface area (Å²) < 4.78 is 10.8. The van der Waals surface area contributed by atoms with Gasteiger partial charge in [-0.25, -0.2) is 9.78 Å². The average molecular weight is 269 g/mol. The van der Waals surface area contributed by atoms with E-state index < -0.39 is 0 Å². The number of hydrogen-bond acceptors (Lipinski definition) is 5. The third-order valence-corrected chi connectivity index (χ3v) is 4.21. The molecule has 1 aliphatic rings. The zero-order chi connectivity index (χ0) is 13.0. The standard InChI is InChI=1S/C13H19NO3S/c1-3-5-12-14-8-11(18-12)13(15)17-10-7-4-6-9(10)16-2/h8-10H,3-7H2,1-2H3/t9-,10-/m0/s1. The molecule has 2 rings (SSSR count). The van der Waals surface area contributed by atoms with E-state index in [1.807, 2.05) is 0 Å². The SMILES string of the molecule is CCCc1ncc(C(=O)O[C@H]2CCC[C@@H]2OC)s1. The fourth-order valence-electron chi connectivity index (χ4n) is 2.23. The zero-order valence-electron chi connectivity index (χ0n) is 10.8. The molecule has 100 valence electrons. The van der Waals surface area contributed by atoms with E-state index in [1.54, 1.807) is 13.3 Å². The lowest BCUT2D eigenvalue weighted by atomic mass is 10.2. The fourth-order valence-corrected chi connectivity index (χ4v) is 3.13. The quantitative estimate of drug-likeness (QED) is 0.771. The Balaban J connectivity index is 1.94. The number of aromatic nitrogens is 1. The molecular weight excluding hydrogens is 250 g/mol. The minimum Gasteiger partial charge on any atom is -0.455 e. The Bertz CT molecular complexity index is 405. The highest BCUT2D eigenvalue weighted by molar-refractivity contribution is 7.13. The molecule has 1 aromatic heterocycles. The second-order valence-electron chi connectivity index (χ2n) is 4.52. The lowest BCUT2D eigenvalue weighted by Gasteiger charge is -2.17. The fraction of sp³-hybridized carbons (Fsp3) is 0.692. The van der Waals surface area contributed by atoms with Crippen molar-refractivity contribution < 1.29 is 14.3 Å². The maximum atomic E-state index is 12.0. The molecule has 18 heavy (non-hydrogen) atoms. The van der Waals surface area contributed by atoms with Crippen LogP contribution in [0.3, 0.4) is 0 Å². The summed E-state index contributed by atoms with van der Waals surface area (Å²) in [5, 5.41) is 0.999. The van der Waals surface area contributed by atoms with Crippen molar-refractivity contribution in [3.05, 3.63) is 16.1 Å². The Hall–Kier alpha value is -0.940. The zero-order valence-corrected chi connectivity index (χ0v) is 11.7. The van der Waals surface area contributed by atoms with Crippen LogP contribution in [-0.2, 0) is 15.9 Å². The molecule has 1 fully saturated rings. The Kier molecular flexibility index (Phi) is 4.72. The summed E-state index contributed by atoms with van der Waals surface area (Å²) in [6.45, 7) is 2.10. The van der Waals surface area contributed by atoms with Gasteiger partial charge >= 0.3 is 5.97 Å². The van der Waals surface area contributed by atoms with Crippen LogP contribution in [0.1, 0.15) is 47.3 Å². The number of ether oxygens (including phenoxy) is 2. The van der Waals surface area contributed by atoms with Crippen molar-refractivity contribution in [2.45, 2.75) is 51.2 Å². The molecule has 1 aliphatic carbocycles. The van der Waals surface area contributed by atoms with Gasteiger partial charge in [0.25, 0.3) is 0 Å². The van der Waals surface area contributed by atoms with E-state index in [9.17, 15) is 4.79 Å². The van der Waals surface area contributed by atoms with Gasteiger partial charge in [0.2, 0.25) is 0 Å². The van der Waals surface area contributed by atoms with Gasteiger partial charge in [-0.3, -0.25) is 0 Å². The van der Waals surface area contributed by atoms with E-state index >= 15 is 0 Å². The highest BCUT2D eigenvalue weighted by atomic mass is 32.1. The van der Waals surface area contributed by atoms with Gasteiger partial charge in [-0.1, -0.05) is 6.92 Å². The number of aryl methyl sites for hydroxylation is 1. The summed E-state index contributed by atoms with van der Waals surface area (Å²) in [6.07, 6.45) is 6.45. The first-order chi connectivity index (χ1) is 8.74. The summed E-state index contributed by atoms with van der Waals surface area (Å²) in [5.74, 6) is -0.260. The van der Waals surface area contributed by atoms with Crippen LogP contribution in [0.25, 0.3) is 0 Å². The average Bonchev–Trinajstić information content (AvgIpc) is 2.98. The van der Waals surface area contributed by atoms with E-state index in [0.717, 1.165) is 37.1 Å². The third kappa shape index (κ3) is 3.09. The number of carbonyl (C=O) groups is 1. The Morgan fingerprint density at radius 1 is 1.50 bits per heavy atom. The topological polar surface area (TPSA) is 48.4 Å². The summed E-state index contributed by atoms with van der Waals surface area (Å²) in [5.41, 5.74) is 0. The smallest absolute Gasteiger partial charge is 0.350 e. The van der Waals surface area contributed by atoms with Crippen LogP contribution in [0.5, 0.6) is 0 Å². The molecule has 4 nitrogen and oxygen atoms in total. The van der Waals surface area contributed by atoms with Crippen LogP contribution >= 0.6 is 11.3 Å². The molecule has 0 aromatic carbocycles. The summed E-state index contributed by atoms with van der Waals surface area (Å²) in [6, 6.07) is 0. The molecule has 2 atom stereocenters. The molecule has 0 unspecified atom stereocenters. The number of rotatable bonds is 5. The van der Waals surface area contributed by atoms with Crippen molar-refractivity contribution in [3.63, 3.8) is 0 Å². The van der Waals surface area contributed by atoms with Crippen molar-refractivity contribution in [2.75, 3.05) is 7.11 Å². The Labute approximate surface area is 111 Å². The lowest BCUT2D eigenvalue weighted by Crippen LogP contribution is -2.27. The molecule has 0 spiro atoms. The maximum Gasteiger partial charge on any atom is 0.350 e. The number of thiazole rings is 1. The molecule has 0 amide bonds. The molecule has 1 aromatic rings. The lowest BCUT2D eigenvalue weighted by molar-refractivity contribution is -0.0203. The van der Waals surface area contributed by atoms with E-state index in [2.05, 4.69) is 11.9 Å². The number of methoxy groups -OCH3 is 1. The van der Waals surface area contributed by atoms with Gasteiger partial charge in [0.1, 0.15) is 11.0 Å². The van der Waals surface area contributed by atoms with Gasteiger partial charge in [0, 0.05) is 7.11 Å². The van der Waals surface area contributed by atoms with Crippen LogP contribution in [0.4, 0.5) is 0 Å². The van der Waals surface area contributed by atoms with Gasteiger partial charge < -0.3 is 9.47 Å². The number of hydrogen-bond donors (Lipinski definition) is 0. The third-order valence-electron chi connectivity index (χ3n) is 3.17. The van der Waals surface area contributed by atoms with Crippen molar-refractivity contribution in [1.29, 1.82) is 0 Å². The van der Waals surface area contributed by atoms with Gasteiger partial charge in [0.05, 0.1) is 17.3 Å². The van der Waals surface area contributed by atoms with E-state index in [4.69, 9.17) is 9.47 Å². The number of esters is 1. The maximum absolute atomic E-state index is 12.0. The molecule has 0 bridgehead atoms. The molecule has 5 heteroatoms. The largest absolute Gasteiger partial charge is 0.455 e. The molecule has 1 saturated carbocycles. The highest BCUT2D eigenvalue weighted by Gasteiger charge is 2.31. The monoisotopic (exact) mass is 269 g/mol. The second-order valence-corrected chi connectivity index (χ2v) is 5.63. The summed E-state index contributed by atoms with van der Waals surface area (Å²) in [7, 11) is 1.67. The molecule has 1 heterocycles. The highest BCUT2D eigenvalue weighted by Crippen LogP contribution is 2.26. The minimum atomic E-state index is -0.260. The van der Waals surface area contributed by atoms with Crippen molar-refractivity contribution >= 4 is 17.3 Å². The molecule has 0 radical (unpaired) electrons. The van der Waals surface area contributed by atoms with E-state index in [1.165, 1.54) is 11.3 Å². The van der Waals surface area contributed by atoms with Gasteiger partial charge in [-0.2, -0.15) is 0 Å². The molecule has 0 N–H and O–H groups in total. The van der Waals surface area contributed by atoms with Crippen LogP contribution in [0.2, 0.25) is 0 Å². The van der Waals surface area contributed by atoms with Gasteiger partial charge in [-0.05, 0) is 32.1 Å². The van der Waals surface area contributed by atoms with Gasteiger partial charge in [-0.15, -0.1) is 11.3 Å². The Morgan fingerprint density at radius 3 is 3.00 bits per heavy atom. The van der Waals surface area contributed by atoms with Crippen molar-refractivity contribution in [3.8, 4) is 0 Å². The van der Waals surface area contributed by atoms with Crippen LogP contribution in [0, 0.1) is 0 Å². The first-order valence-electron chi connectivity index (χ1n) is 6.43. The molecule has 0 saturated heterocycles. The van der Waals surface area contributed by atoms with Crippen molar-refractivity contribution in [1.82, 2.24) is 4.98 Å². The van der Waals surface area contributed by atoms with Crippen molar-refractivity contribution in [2.24, 2.45) is 0 Å². The predicted octanol–water partition coefficient (Wildman–Crippen LogP) is 2.82. The normalized spacial score (nSPS) is 23.2. The van der Waals surface area contributed by atoms with Gasteiger partial charge in [0.15, 0.2) is 0 Å². The van der Waals surface area contributed by atoms with Crippen LogP contribution in [0.15, 0.2) is 6.20 Å². The Morgan fingerprint density at radius 2 is 2.28 bits per heavy atom. The molecular formula is C13H19NO3S. The minimum absolute atomic E-state index is 0.0528. The number of nitrogens with zero attached hydrogens (tertiary/aromatic N) is 1.